The molecule has 0 radical (unpaired) electrons. The quantitative estimate of drug-likeness (QED) is 0.729. The lowest BCUT2D eigenvalue weighted by atomic mass is 10.2. The van der Waals surface area contributed by atoms with Gasteiger partial charge in [-0.25, -0.2) is 8.42 Å². The van der Waals surface area contributed by atoms with Gasteiger partial charge in [-0.1, -0.05) is 15.9 Å². The largest absolute Gasteiger partial charge is 0.299 e. The highest BCUT2D eigenvalue weighted by Gasteiger charge is 2.36. The summed E-state index contributed by atoms with van der Waals surface area (Å²) >= 11 is 6.72. The number of hydrogen-bond acceptors (Lipinski definition) is 3. The minimum atomic E-state index is -3.41. The van der Waals surface area contributed by atoms with Gasteiger partial charge in [-0.2, -0.15) is 4.31 Å². The van der Waals surface area contributed by atoms with Gasteiger partial charge in [0.1, 0.15) is 0 Å². The van der Waals surface area contributed by atoms with Crippen molar-refractivity contribution in [2.24, 2.45) is 0 Å². The van der Waals surface area contributed by atoms with Gasteiger partial charge < -0.3 is 0 Å². The Balaban J connectivity index is 1.79. The zero-order valence-electron chi connectivity index (χ0n) is 11.6. The highest BCUT2D eigenvalue weighted by Crippen LogP contribution is 2.31. The van der Waals surface area contributed by atoms with E-state index in [9.17, 15) is 8.42 Å². The molecule has 7 heteroatoms. The SMILES string of the molecule is O=S(=O)(c1ccc(Br)cc1Br)N1CCC(N2CCCC2)C1. The Morgan fingerprint density at radius 1 is 1.10 bits per heavy atom. The smallest absolute Gasteiger partial charge is 0.244 e. The van der Waals surface area contributed by atoms with Crippen LogP contribution in [0.3, 0.4) is 0 Å². The monoisotopic (exact) mass is 436 g/mol. The van der Waals surface area contributed by atoms with Gasteiger partial charge in [0.2, 0.25) is 10.0 Å². The fourth-order valence-corrected chi connectivity index (χ4v) is 6.36. The fourth-order valence-electron chi connectivity index (χ4n) is 3.16. The molecule has 1 aromatic rings. The highest BCUT2D eigenvalue weighted by atomic mass is 79.9. The number of rotatable bonds is 3. The van der Waals surface area contributed by atoms with Gasteiger partial charge in [-0.15, -0.1) is 0 Å². The maximum absolute atomic E-state index is 12.8. The molecule has 2 aliphatic rings. The molecule has 21 heavy (non-hydrogen) atoms. The Morgan fingerprint density at radius 3 is 2.48 bits per heavy atom. The van der Waals surface area contributed by atoms with Crippen LogP contribution in [-0.2, 0) is 10.0 Å². The molecule has 2 fully saturated rings. The summed E-state index contributed by atoms with van der Waals surface area (Å²) in [6, 6.07) is 5.59. The van der Waals surface area contributed by atoms with E-state index >= 15 is 0 Å². The van der Waals surface area contributed by atoms with Crippen LogP contribution in [0.2, 0.25) is 0 Å². The van der Waals surface area contributed by atoms with Crippen LogP contribution in [0.25, 0.3) is 0 Å². The van der Waals surface area contributed by atoms with E-state index < -0.39 is 10.0 Å². The van der Waals surface area contributed by atoms with Gasteiger partial charge in [0, 0.05) is 28.1 Å². The fraction of sp³-hybridized carbons (Fsp3) is 0.571. The van der Waals surface area contributed by atoms with E-state index in [1.807, 2.05) is 0 Å². The maximum Gasteiger partial charge on any atom is 0.244 e. The summed E-state index contributed by atoms with van der Waals surface area (Å²) in [5.41, 5.74) is 0. The molecule has 1 atom stereocenters. The molecule has 2 aliphatic heterocycles. The average molecular weight is 438 g/mol. The number of likely N-dealkylation sites (tertiary alicyclic amines) is 1. The molecular formula is C14H18Br2N2O2S. The first kappa shape index (κ1) is 15.9. The summed E-state index contributed by atoms with van der Waals surface area (Å²) in [5, 5.41) is 0. The van der Waals surface area contributed by atoms with Crippen LogP contribution in [0.1, 0.15) is 19.3 Å². The van der Waals surface area contributed by atoms with Crippen LogP contribution in [0.5, 0.6) is 0 Å². The molecular weight excluding hydrogens is 420 g/mol. The van der Waals surface area contributed by atoms with Gasteiger partial charge in [0.25, 0.3) is 0 Å². The van der Waals surface area contributed by atoms with E-state index in [1.165, 1.54) is 12.8 Å². The Hall–Kier alpha value is 0.0500. The van der Waals surface area contributed by atoms with Crippen molar-refractivity contribution >= 4 is 41.9 Å². The summed E-state index contributed by atoms with van der Waals surface area (Å²) in [6.07, 6.45) is 3.41. The molecule has 4 nitrogen and oxygen atoms in total. The number of sulfonamides is 1. The first-order valence-corrected chi connectivity index (χ1v) is 10.2. The Morgan fingerprint density at radius 2 is 1.81 bits per heavy atom. The van der Waals surface area contributed by atoms with Gasteiger partial charge >= 0.3 is 0 Å². The molecule has 0 N–H and O–H groups in total. The Labute approximate surface area is 142 Å². The lowest BCUT2D eigenvalue weighted by molar-refractivity contribution is 0.251. The third-order valence-corrected chi connectivity index (χ3v) is 7.63. The molecule has 0 saturated carbocycles. The molecule has 3 rings (SSSR count). The second kappa shape index (κ2) is 6.28. The zero-order chi connectivity index (χ0) is 15.0. The number of hydrogen-bond donors (Lipinski definition) is 0. The van der Waals surface area contributed by atoms with Crippen LogP contribution >= 0.6 is 31.9 Å². The lowest BCUT2D eigenvalue weighted by Crippen LogP contribution is -2.37. The van der Waals surface area contributed by atoms with Gasteiger partial charge in [-0.3, -0.25) is 4.90 Å². The Kier molecular flexibility index (Phi) is 4.76. The van der Waals surface area contributed by atoms with E-state index in [2.05, 4.69) is 36.8 Å². The van der Waals surface area contributed by atoms with Gasteiger partial charge in [0.05, 0.1) is 4.90 Å². The van der Waals surface area contributed by atoms with Crippen LogP contribution in [0, 0.1) is 0 Å². The zero-order valence-corrected chi connectivity index (χ0v) is 15.6. The third kappa shape index (κ3) is 3.22. The second-order valence-corrected chi connectivity index (χ2v) is 9.30. The molecule has 1 unspecified atom stereocenters. The van der Waals surface area contributed by atoms with E-state index in [1.54, 1.807) is 22.5 Å². The summed E-state index contributed by atoms with van der Waals surface area (Å²) in [7, 11) is -3.41. The van der Waals surface area contributed by atoms with E-state index in [4.69, 9.17) is 0 Å². The summed E-state index contributed by atoms with van der Waals surface area (Å²) in [5.74, 6) is 0. The van der Waals surface area contributed by atoms with E-state index in [0.29, 0.717) is 28.5 Å². The molecule has 0 amide bonds. The average Bonchev–Trinajstić information content (AvgIpc) is 3.09. The third-order valence-electron chi connectivity index (χ3n) is 4.29. The summed E-state index contributed by atoms with van der Waals surface area (Å²) in [4.78, 5) is 2.79. The highest BCUT2D eigenvalue weighted by molar-refractivity contribution is 9.11. The molecule has 116 valence electrons. The minimum Gasteiger partial charge on any atom is -0.299 e. The van der Waals surface area contributed by atoms with Crippen molar-refractivity contribution in [2.75, 3.05) is 26.2 Å². The second-order valence-electron chi connectivity index (χ2n) is 5.62. The van der Waals surface area contributed by atoms with E-state index in [-0.39, 0.29) is 0 Å². The predicted octanol–water partition coefficient (Wildman–Crippen LogP) is 3.07. The minimum absolute atomic E-state index is 0.354. The van der Waals surface area contributed by atoms with Crippen LogP contribution in [0.15, 0.2) is 32.0 Å². The van der Waals surface area contributed by atoms with E-state index in [0.717, 1.165) is 24.0 Å². The number of halogens is 2. The predicted molar refractivity (Wildman–Crippen MR) is 89.8 cm³/mol. The molecule has 0 bridgehead atoms. The van der Waals surface area contributed by atoms with Crippen molar-refractivity contribution in [1.29, 1.82) is 0 Å². The first-order valence-electron chi connectivity index (χ1n) is 7.18. The molecule has 2 saturated heterocycles. The van der Waals surface area contributed by atoms with Crippen LogP contribution in [0.4, 0.5) is 0 Å². The topological polar surface area (TPSA) is 40.6 Å². The molecule has 0 aliphatic carbocycles. The van der Waals surface area contributed by atoms with Crippen LogP contribution < -0.4 is 0 Å². The standard InChI is InChI=1S/C14H18Br2N2O2S/c15-11-3-4-14(13(16)9-11)21(19,20)18-8-5-12(10-18)17-6-1-2-7-17/h3-4,9,12H,1-2,5-8,10H2. The first-order chi connectivity index (χ1) is 9.98. The van der Waals surface area contributed by atoms with Gasteiger partial charge in [-0.05, 0) is 66.5 Å². The number of benzene rings is 1. The van der Waals surface area contributed by atoms with Gasteiger partial charge in [0.15, 0.2) is 0 Å². The normalized spacial score (nSPS) is 24.8. The van der Waals surface area contributed by atoms with Crippen molar-refractivity contribution in [3.8, 4) is 0 Å². The molecule has 0 aromatic heterocycles. The summed E-state index contributed by atoms with van der Waals surface area (Å²) < 4.78 is 28.7. The van der Waals surface area contributed by atoms with Crippen LogP contribution in [-0.4, -0.2) is 49.8 Å². The lowest BCUT2D eigenvalue weighted by Gasteiger charge is -2.23. The van der Waals surface area contributed by atoms with Crippen molar-refractivity contribution in [1.82, 2.24) is 9.21 Å². The number of nitrogens with zero attached hydrogens (tertiary/aromatic N) is 2. The van der Waals surface area contributed by atoms with Crippen molar-refractivity contribution in [3.05, 3.63) is 27.1 Å². The molecule has 1 aromatic carbocycles. The van der Waals surface area contributed by atoms with Crippen molar-refractivity contribution < 1.29 is 8.42 Å². The van der Waals surface area contributed by atoms with Crippen molar-refractivity contribution in [2.45, 2.75) is 30.2 Å². The van der Waals surface area contributed by atoms with Crippen molar-refractivity contribution in [3.63, 3.8) is 0 Å². The molecule has 0 spiro atoms. The maximum atomic E-state index is 12.8. The Bertz CT molecular complexity index is 630. The molecule has 2 heterocycles. The summed E-state index contributed by atoms with van der Waals surface area (Å²) in [6.45, 7) is 3.46.